The molecule has 4 aliphatic rings. The molecule has 1 heterocycles. The van der Waals surface area contributed by atoms with Crippen LogP contribution in [0.15, 0.2) is 30.4 Å². The van der Waals surface area contributed by atoms with Gasteiger partial charge in [-0.1, -0.05) is 117 Å². The number of halogens is 6. The summed E-state index contributed by atoms with van der Waals surface area (Å²) >= 11 is 0. The lowest BCUT2D eigenvalue weighted by atomic mass is 9.48. The number of hydrogen-bond acceptors (Lipinski definition) is 3. The number of unbranched alkanes of at least 4 members (excludes halogenated alkanes) is 14. The normalized spacial score (nSPS) is 28.0. The van der Waals surface area contributed by atoms with Crippen LogP contribution in [0.1, 0.15) is 173 Å². The van der Waals surface area contributed by atoms with E-state index in [0.717, 1.165) is 38.5 Å². The molecule has 5 rings (SSSR count). The Kier molecular flexibility index (Phi) is 17.0. The minimum absolute atomic E-state index is 0.0535. The van der Waals surface area contributed by atoms with E-state index in [1.165, 1.54) is 83.5 Å². The predicted molar refractivity (Wildman–Crippen MR) is 211 cm³/mol. The van der Waals surface area contributed by atoms with Crippen molar-refractivity contribution in [1.29, 1.82) is 0 Å². The zero-order chi connectivity index (χ0) is 41.9. The van der Waals surface area contributed by atoms with Gasteiger partial charge >= 0.3 is 18.3 Å². The monoisotopic (exact) mass is 812 g/mol. The molecule has 3 fully saturated rings. The van der Waals surface area contributed by atoms with Gasteiger partial charge in [-0.05, 0) is 92.4 Å². The number of carbonyl (C=O) groups is 3. The second-order valence-electron chi connectivity index (χ2n) is 17.7. The van der Waals surface area contributed by atoms with Gasteiger partial charge in [0.1, 0.15) is 0 Å². The lowest BCUT2D eigenvalue weighted by Gasteiger charge is -2.58. The van der Waals surface area contributed by atoms with E-state index in [2.05, 4.69) is 24.5 Å². The van der Waals surface area contributed by atoms with E-state index in [-0.39, 0.29) is 23.3 Å². The topological polar surface area (TPSA) is 95.5 Å². The van der Waals surface area contributed by atoms with Gasteiger partial charge in [-0.2, -0.15) is 26.3 Å². The number of carbonyl (C=O) groups excluding carboxylic acids is 2. The molecule has 0 bridgehead atoms. The SMILES string of the molecule is CCCCCCCCCCCCCCCCCC(=O)O.C[C@]12C=CC(=O)N[C@@H]1CC[C@@H]1[C@@H]2CC[C@]2(C)[C@@H](C(=O)Nc3cc(C(F)(F)F)ccc3C(F)(F)F)CC[C@@H]12. The number of aliphatic carboxylic acids is 1. The Bertz CT molecular complexity index is 1510. The lowest BCUT2D eigenvalue weighted by molar-refractivity contribution is -0.141. The first-order chi connectivity index (χ1) is 26.9. The Labute approximate surface area is 335 Å². The Morgan fingerprint density at radius 2 is 1.35 bits per heavy atom. The van der Waals surface area contributed by atoms with E-state index in [0.29, 0.717) is 49.3 Å². The predicted octanol–water partition coefficient (Wildman–Crippen LogP) is 12.9. The molecule has 0 spiro atoms. The summed E-state index contributed by atoms with van der Waals surface area (Å²) < 4.78 is 80.4. The van der Waals surface area contributed by atoms with E-state index in [1.807, 2.05) is 13.0 Å². The molecular weight excluding hydrogens is 746 g/mol. The van der Waals surface area contributed by atoms with Gasteiger partial charge in [0.05, 0.1) is 16.8 Å². The molecule has 0 radical (unpaired) electrons. The highest BCUT2D eigenvalue weighted by atomic mass is 19.4. The van der Waals surface area contributed by atoms with Crippen LogP contribution >= 0.6 is 0 Å². The molecule has 0 aromatic heterocycles. The fourth-order valence-electron chi connectivity index (χ4n) is 10.7. The van der Waals surface area contributed by atoms with Crippen LogP contribution in [0.3, 0.4) is 0 Å². The summed E-state index contributed by atoms with van der Waals surface area (Å²) in [6, 6.07) is 1.18. The molecule has 1 aromatic rings. The highest BCUT2D eigenvalue weighted by Crippen LogP contribution is 2.65. The quantitative estimate of drug-likeness (QED) is 0.102. The first-order valence-electron chi connectivity index (χ1n) is 21.7. The molecule has 322 valence electrons. The van der Waals surface area contributed by atoms with Gasteiger partial charge in [-0.3, -0.25) is 14.4 Å². The smallest absolute Gasteiger partial charge is 0.418 e. The Hall–Kier alpha value is -3.05. The summed E-state index contributed by atoms with van der Waals surface area (Å²) in [5.74, 6) is -1.21. The van der Waals surface area contributed by atoms with Crippen LogP contribution in [0.4, 0.5) is 32.0 Å². The van der Waals surface area contributed by atoms with Crippen LogP contribution in [0.25, 0.3) is 0 Å². The summed E-state index contributed by atoms with van der Waals surface area (Å²) in [6.07, 6.45) is 18.5. The summed E-state index contributed by atoms with van der Waals surface area (Å²) in [4.78, 5) is 35.6. The fourth-order valence-corrected chi connectivity index (χ4v) is 10.7. The number of hydrogen-bond donors (Lipinski definition) is 3. The van der Waals surface area contributed by atoms with Crippen molar-refractivity contribution in [3.8, 4) is 0 Å². The maximum atomic E-state index is 13.6. The molecule has 1 aliphatic heterocycles. The van der Waals surface area contributed by atoms with E-state index < -0.39 is 52.4 Å². The number of nitrogens with one attached hydrogen (secondary N) is 2. The largest absolute Gasteiger partial charge is 0.481 e. The number of anilines is 1. The average molecular weight is 813 g/mol. The first-order valence-corrected chi connectivity index (χ1v) is 21.7. The molecule has 2 amide bonds. The van der Waals surface area contributed by atoms with Crippen molar-refractivity contribution in [2.75, 3.05) is 5.32 Å². The van der Waals surface area contributed by atoms with Crippen molar-refractivity contribution in [3.05, 3.63) is 41.5 Å². The van der Waals surface area contributed by atoms with Gasteiger partial charge in [-0.25, -0.2) is 0 Å². The van der Waals surface area contributed by atoms with Crippen LogP contribution in [-0.4, -0.2) is 28.9 Å². The van der Waals surface area contributed by atoms with Crippen LogP contribution in [-0.2, 0) is 26.7 Å². The highest BCUT2D eigenvalue weighted by molar-refractivity contribution is 5.94. The summed E-state index contributed by atoms with van der Waals surface area (Å²) in [5.41, 5.74) is -4.06. The van der Waals surface area contributed by atoms with Crippen molar-refractivity contribution in [2.45, 2.75) is 180 Å². The van der Waals surface area contributed by atoms with Crippen molar-refractivity contribution in [2.24, 2.45) is 34.5 Å². The van der Waals surface area contributed by atoms with Gasteiger partial charge in [-0.15, -0.1) is 0 Å². The second kappa shape index (κ2) is 20.8. The van der Waals surface area contributed by atoms with Gasteiger partial charge < -0.3 is 15.7 Å². The molecule has 57 heavy (non-hydrogen) atoms. The molecule has 12 heteroatoms. The van der Waals surface area contributed by atoms with Crippen LogP contribution in [0.5, 0.6) is 0 Å². The molecule has 3 N–H and O–H groups in total. The van der Waals surface area contributed by atoms with Crippen molar-refractivity contribution in [3.63, 3.8) is 0 Å². The average Bonchev–Trinajstić information content (AvgIpc) is 3.50. The molecule has 7 atom stereocenters. The minimum atomic E-state index is -4.91. The third kappa shape index (κ3) is 12.5. The van der Waals surface area contributed by atoms with Crippen LogP contribution in [0.2, 0.25) is 0 Å². The number of fused-ring (bicyclic) bond motifs is 5. The molecule has 0 unspecified atom stereocenters. The van der Waals surface area contributed by atoms with Crippen molar-refractivity contribution in [1.82, 2.24) is 5.32 Å². The van der Waals surface area contributed by atoms with Gasteiger partial charge in [0.15, 0.2) is 0 Å². The fraction of sp³-hybridized carbons (Fsp3) is 0.756. The zero-order valence-electron chi connectivity index (χ0n) is 34.3. The number of carboxylic acid groups (broad SMARTS) is 1. The molecule has 3 saturated carbocycles. The van der Waals surface area contributed by atoms with E-state index >= 15 is 0 Å². The van der Waals surface area contributed by atoms with Gasteiger partial charge in [0.25, 0.3) is 0 Å². The van der Waals surface area contributed by atoms with Gasteiger partial charge in [0.2, 0.25) is 11.8 Å². The summed E-state index contributed by atoms with van der Waals surface area (Å²) in [5, 5.41) is 13.8. The van der Waals surface area contributed by atoms with Gasteiger partial charge in [0, 0.05) is 23.8 Å². The highest BCUT2D eigenvalue weighted by Gasteiger charge is 2.61. The van der Waals surface area contributed by atoms with E-state index in [4.69, 9.17) is 5.11 Å². The third-order valence-corrected chi connectivity index (χ3v) is 13.9. The molecular formula is C45H66F6N2O4. The maximum Gasteiger partial charge on any atom is 0.418 e. The van der Waals surface area contributed by atoms with Crippen molar-refractivity contribution >= 4 is 23.5 Å². The minimum Gasteiger partial charge on any atom is -0.481 e. The first kappa shape index (κ1) is 46.6. The molecule has 3 aliphatic carbocycles. The van der Waals surface area contributed by atoms with Crippen LogP contribution < -0.4 is 10.6 Å². The standard InChI is InChI=1S/C27H30F6N2O2.C18H36O2/c1-24-11-9-17-15(4-8-21-25(17,2)12-10-22(36)35-21)16(24)6-7-19(24)23(37)34-20-13-14(26(28,29)30)3-5-18(20)27(31,32)33;1-2-3-4-5-6-7-8-9-10-11-12-13-14-15-16-17-18(19)20/h3,5,10,12-13,15-17,19,21H,4,6-9,11H2,1-2H3,(H,34,37)(H,35,36);2-17H2,1H3,(H,19,20)/t15-,16-,17-,19+,21+,24-,25+;/m0./s1. The maximum absolute atomic E-state index is 13.6. The summed E-state index contributed by atoms with van der Waals surface area (Å²) in [6.45, 7) is 6.44. The molecule has 0 saturated heterocycles. The third-order valence-electron chi connectivity index (χ3n) is 13.9. The lowest BCUT2D eigenvalue weighted by Crippen LogP contribution is -2.59. The van der Waals surface area contributed by atoms with Crippen LogP contribution in [0, 0.1) is 34.5 Å². The van der Waals surface area contributed by atoms with E-state index in [1.54, 1.807) is 6.08 Å². The Balaban J connectivity index is 0.000000308. The van der Waals surface area contributed by atoms with Crippen molar-refractivity contribution < 1.29 is 45.8 Å². The number of benzene rings is 1. The van der Waals surface area contributed by atoms with E-state index in [9.17, 15) is 40.7 Å². The molecule has 1 aromatic carbocycles. The zero-order valence-corrected chi connectivity index (χ0v) is 34.3. The Morgan fingerprint density at radius 1 is 0.772 bits per heavy atom. The summed E-state index contributed by atoms with van der Waals surface area (Å²) in [7, 11) is 0. The second-order valence-corrected chi connectivity index (χ2v) is 17.7. The molecule has 6 nitrogen and oxygen atoms in total. The number of rotatable bonds is 18. The number of carboxylic acids is 1. The number of amides is 2. The Morgan fingerprint density at radius 3 is 1.89 bits per heavy atom. The number of alkyl halides is 6.